The second-order valence-corrected chi connectivity index (χ2v) is 5.68. The van der Waals surface area contributed by atoms with E-state index in [0.29, 0.717) is 35.5 Å². The van der Waals surface area contributed by atoms with Gasteiger partial charge in [-0.25, -0.2) is 9.59 Å². The molecule has 0 bridgehead atoms. The topological polar surface area (TPSA) is 61.8 Å². The predicted molar refractivity (Wildman–Crippen MR) is 102 cm³/mol. The quantitative estimate of drug-likeness (QED) is 0.457. The summed E-state index contributed by atoms with van der Waals surface area (Å²) in [6, 6.07) is 17.5. The Morgan fingerprint density at radius 2 is 1.04 bits per heavy atom. The number of rotatable bonds is 10. The normalized spacial score (nSPS) is 9.93. The van der Waals surface area contributed by atoms with E-state index in [2.05, 4.69) is 13.2 Å². The van der Waals surface area contributed by atoms with Crippen LogP contribution in [0.1, 0.15) is 33.6 Å². The van der Waals surface area contributed by atoms with Crippen molar-refractivity contribution in [2.24, 2.45) is 0 Å². The summed E-state index contributed by atoms with van der Waals surface area (Å²) < 4.78 is 15.8. The lowest BCUT2D eigenvalue weighted by molar-refractivity contribution is 0.0491. The minimum Gasteiger partial charge on any atom is -0.467 e. The van der Waals surface area contributed by atoms with E-state index in [9.17, 15) is 9.59 Å². The summed E-state index contributed by atoms with van der Waals surface area (Å²) in [6.07, 6.45) is 0.697. The van der Waals surface area contributed by atoms with Crippen LogP contribution in [-0.2, 0) is 14.2 Å². The third-order valence-electron chi connectivity index (χ3n) is 3.54. The number of benzene rings is 2. The Balaban J connectivity index is 1.60. The third kappa shape index (κ3) is 7.20. The van der Waals surface area contributed by atoms with E-state index < -0.39 is 11.9 Å². The molecule has 0 amide bonds. The van der Waals surface area contributed by atoms with Gasteiger partial charge in [0.1, 0.15) is 0 Å². The SMILES string of the molecule is C=C(CCOC(=O)c1ccccc1)OC(=C)CCOC(=O)c1ccccc1. The summed E-state index contributed by atoms with van der Waals surface area (Å²) in [7, 11) is 0. The molecule has 0 saturated carbocycles. The monoisotopic (exact) mass is 366 g/mol. The Bertz CT molecular complexity index is 713. The average molecular weight is 366 g/mol. The van der Waals surface area contributed by atoms with Crippen LogP contribution in [-0.4, -0.2) is 25.2 Å². The standard InChI is InChI=1S/C22H22O5/c1-17(13-15-25-21(23)19-9-5-3-6-10-19)27-18(2)14-16-26-22(24)20-11-7-4-8-12-20/h3-12H,1-2,13-16H2. The summed E-state index contributed by atoms with van der Waals surface area (Å²) in [5, 5.41) is 0. The Labute approximate surface area is 158 Å². The number of carbonyl (C=O) groups excluding carboxylic acids is 2. The van der Waals surface area contributed by atoms with Gasteiger partial charge in [-0.15, -0.1) is 0 Å². The zero-order valence-electron chi connectivity index (χ0n) is 15.1. The van der Waals surface area contributed by atoms with Gasteiger partial charge in [0.05, 0.1) is 35.9 Å². The van der Waals surface area contributed by atoms with Gasteiger partial charge < -0.3 is 14.2 Å². The van der Waals surface area contributed by atoms with Gasteiger partial charge in [0.25, 0.3) is 0 Å². The van der Waals surface area contributed by atoms with Crippen molar-refractivity contribution < 1.29 is 23.8 Å². The molecule has 0 aliphatic carbocycles. The van der Waals surface area contributed by atoms with E-state index in [1.807, 2.05) is 12.1 Å². The lowest BCUT2D eigenvalue weighted by Crippen LogP contribution is -2.08. The van der Waals surface area contributed by atoms with Gasteiger partial charge in [0.2, 0.25) is 0 Å². The van der Waals surface area contributed by atoms with Gasteiger partial charge in [0.15, 0.2) is 0 Å². The molecule has 5 nitrogen and oxygen atoms in total. The summed E-state index contributed by atoms with van der Waals surface area (Å²) in [5.41, 5.74) is 0.988. The smallest absolute Gasteiger partial charge is 0.338 e. The molecule has 0 radical (unpaired) electrons. The van der Waals surface area contributed by atoms with Gasteiger partial charge in [-0.1, -0.05) is 49.6 Å². The van der Waals surface area contributed by atoms with E-state index in [0.717, 1.165) is 0 Å². The molecule has 0 aliphatic rings. The summed E-state index contributed by atoms with van der Waals surface area (Å²) in [6.45, 7) is 7.86. The fourth-order valence-corrected chi connectivity index (χ4v) is 2.14. The Kier molecular flexibility index (Phi) is 7.85. The summed E-state index contributed by atoms with van der Waals surface area (Å²) >= 11 is 0. The molecule has 2 rings (SSSR count). The van der Waals surface area contributed by atoms with Crippen LogP contribution in [0.2, 0.25) is 0 Å². The molecule has 2 aromatic rings. The van der Waals surface area contributed by atoms with Crippen LogP contribution in [0.3, 0.4) is 0 Å². The van der Waals surface area contributed by atoms with Gasteiger partial charge in [-0.3, -0.25) is 0 Å². The maximum absolute atomic E-state index is 11.8. The van der Waals surface area contributed by atoms with E-state index in [4.69, 9.17) is 14.2 Å². The molecule has 2 aromatic carbocycles. The molecule has 0 aliphatic heterocycles. The number of carbonyl (C=O) groups is 2. The van der Waals surface area contributed by atoms with Crippen molar-refractivity contribution in [2.75, 3.05) is 13.2 Å². The molecular formula is C22H22O5. The summed E-state index contributed by atoms with van der Waals surface area (Å²) in [5.74, 6) is 0.0654. The largest absolute Gasteiger partial charge is 0.467 e. The zero-order valence-corrected chi connectivity index (χ0v) is 15.1. The first-order valence-electron chi connectivity index (χ1n) is 8.54. The number of ether oxygens (including phenoxy) is 3. The van der Waals surface area contributed by atoms with Crippen LogP contribution < -0.4 is 0 Å². The number of hydrogen-bond donors (Lipinski definition) is 0. The Hall–Kier alpha value is -3.34. The molecule has 0 spiro atoms. The van der Waals surface area contributed by atoms with E-state index in [-0.39, 0.29) is 13.2 Å². The van der Waals surface area contributed by atoms with Crippen molar-refractivity contribution in [3.63, 3.8) is 0 Å². The van der Waals surface area contributed by atoms with Gasteiger partial charge in [-0.05, 0) is 24.3 Å². The maximum atomic E-state index is 11.8. The first-order chi connectivity index (χ1) is 13.1. The highest BCUT2D eigenvalue weighted by Crippen LogP contribution is 2.12. The Morgan fingerprint density at radius 1 is 0.667 bits per heavy atom. The highest BCUT2D eigenvalue weighted by atomic mass is 16.5. The summed E-state index contributed by atoms with van der Waals surface area (Å²) in [4.78, 5) is 23.6. The van der Waals surface area contributed by atoms with Crippen molar-refractivity contribution in [1.29, 1.82) is 0 Å². The first-order valence-corrected chi connectivity index (χ1v) is 8.54. The molecule has 0 fully saturated rings. The molecule has 0 N–H and O–H groups in total. The lowest BCUT2D eigenvalue weighted by Gasteiger charge is -2.12. The van der Waals surface area contributed by atoms with Crippen LogP contribution >= 0.6 is 0 Å². The third-order valence-corrected chi connectivity index (χ3v) is 3.54. The Morgan fingerprint density at radius 3 is 1.41 bits per heavy atom. The molecule has 0 aromatic heterocycles. The van der Waals surface area contributed by atoms with Gasteiger partial charge in [0, 0.05) is 12.8 Å². The molecule has 0 atom stereocenters. The predicted octanol–water partition coefficient (Wildman–Crippen LogP) is 4.52. The average Bonchev–Trinajstić information content (AvgIpc) is 2.69. The number of hydrogen-bond acceptors (Lipinski definition) is 5. The van der Waals surface area contributed by atoms with Crippen LogP contribution in [0.5, 0.6) is 0 Å². The van der Waals surface area contributed by atoms with Crippen molar-refractivity contribution in [3.05, 3.63) is 96.5 Å². The zero-order chi connectivity index (χ0) is 19.5. The van der Waals surface area contributed by atoms with E-state index in [1.54, 1.807) is 48.5 Å². The van der Waals surface area contributed by atoms with Crippen molar-refractivity contribution in [1.82, 2.24) is 0 Å². The van der Waals surface area contributed by atoms with Gasteiger partial charge >= 0.3 is 11.9 Å². The molecule has 0 saturated heterocycles. The van der Waals surface area contributed by atoms with E-state index >= 15 is 0 Å². The highest BCUT2D eigenvalue weighted by Gasteiger charge is 2.09. The minimum absolute atomic E-state index is 0.156. The molecule has 5 heteroatoms. The molecule has 0 unspecified atom stereocenters. The van der Waals surface area contributed by atoms with Crippen molar-refractivity contribution >= 4 is 11.9 Å². The van der Waals surface area contributed by atoms with E-state index in [1.165, 1.54) is 0 Å². The van der Waals surface area contributed by atoms with Crippen LogP contribution in [0.15, 0.2) is 85.3 Å². The molecule has 0 heterocycles. The second-order valence-electron chi connectivity index (χ2n) is 5.68. The highest BCUT2D eigenvalue weighted by molar-refractivity contribution is 5.89. The minimum atomic E-state index is -0.393. The van der Waals surface area contributed by atoms with Crippen LogP contribution in [0.25, 0.3) is 0 Å². The van der Waals surface area contributed by atoms with Crippen LogP contribution in [0.4, 0.5) is 0 Å². The fraction of sp³-hybridized carbons (Fsp3) is 0.182. The number of esters is 2. The first kappa shape index (κ1) is 20.0. The fourth-order valence-electron chi connectivity index (χ4n) is 2.14. The maximum Gasteiger partial charge on any atom is 0.338 e. The van der Waals surface area contributed by atoms with Crippen LogP contribution in [0, 0.1) is 0 Å². The molecule has 27 heavy (non-hydrogen) atoms. The van der Waals surface area contributed by atoms with Gasteiger partial charge in [-0.2, -0.15) is 0 Å². The second kappa shape index (κ2) is 10.6. The molecular weight excluding hydrogens is 344 g/mol. The lowest BCUT2D eigenvalue weighted by atomic mass is 10.2. The molecule has 140 valence electrons. The van der Waals surface area contributed by atoms with Crippen molar-refractivity contribution in [2.45, 2.75) is 12.8 Å². The van der Waals surface area contributed by atoms with Crippen molar-refractivity contribution in [3.8, 4) is 0 Å².